The van der Waals surface area contributed by atoms with Crippen LogP contribution in [0, 0.1) is 35.3 Å². The number of benzene rings is 5. The van der Waals surface area contributed by atoms with Crippen LogP contribution in [0.2, 0.25) is 0 Å². The SMILES string of the molecule is NOOSc1ccccc1NC(=O)c1ccc(C#Cc2cccc(F)c2)cc1.O=C(O)c1ccc(C#Cc2cccc(F)c2)cc1. The second-order valence-corrected chi connectivity index (χ2v) is 9.92. The molecule has 5 aromatic carbocycles. The molecule has 1 amide bonds. The van der Waals surface area contributed by atoms with Crippen molar-refractivity contribution in [1.29, 1.82) is 0 Å². The lowest BCUT2D eigenvalue weighted by atomic mass is 10.1. The van der Waals surface area contributed by atoms with Crippen molar-refractivity contribution in [2.75, 3.05) is 5.32 Å². The van der Waals surface area contributed by atoms with E-state index in [-0.39, 0.29) is 23.1 Å². The molecule has 0 bridgehead atoms. The first kappa shape index (κ1) is 33.1. The summed E-state index contributed by atoms with van der Waals surface area (Å²) < 4.78 is 30.7. The number of rotatable bonds is 6. The van der Waals surface area contributed by atoms with E-state index < -0.39 is 5.97 Å². The first-order valence-corrected chi connectivity index (χ1v) is 14.1. The third kappa shape index (κ3) is 10.5. The van der Waals surface area contributed by atoms with Gasteiger partial charge in [0.2, 0.25) is 0 Å². The van der Waals surface area contributed by atoms with E-state index in [1.165, 1.54) is 36.4 Å². The van der Waals surface area contributed by atoms with Crippen LogP contribution in [-0.4, -0.2) is 17.0 Å². The summed E-state index contributed by atoms with van der Waals surface area (Å²) in [4.78, 5) is 27.8. The smallest absolute Gasteiger partial charge is 0.335 e. The fourth-order valence-corrected chi connectivity index (χ4v) is 4.17. The van der Waals surface area contributed by atoms with Crippen LogP contribution >= 0.6 is 12.0 Å². The molecule has 0 saturated carbocycles. The van der Waals surface area contributed by atoms with E-state index in [2.05, 4.69) is 38.3 Å². The second kappa shape index (κ2) is 16.9. The minimum absolute atomic E-state index is 0.214. The van der Waals surface area contributed by atoms with Crippen molar-refractivity contribution in [3.63, 3.8) is 0 Å². The Morgan fingerprint density at radius 2 is 1.15 bits per heavy atom. The molecule has 4 N–H and O–H groups in total. The Hall–Kier alpha value is -5.75. The predicted octanol–water partition coefficient (Wildman–Crippen LogP) is 7.23. The summed E-state index contributed by atoms with van der Waals surface area (Å²) in [6, 6.07) is 32.1. The van der Waals surface area contributed by atoms with Crippen LogP contribution < -0.4 is 11.2 Å². The number of carbonyl (C=O) groups is 2. The third-order valence-corrected chi connectivity index (χ3v) is 6.61. The zero-order valence-corrected chi connectivity index (χ0v) is 24.7. The maximum absolute atomic E-state index is 13.2. The summed E-state index contributed by atoms with van der Waals surface area (Å²) in [6.07, 6.45) is 0. The minimum Gasteiger partial charge on any atom is -0.478 e. The molecule has 0 heterocycles. The lowest BCUT2D eigenvalue weighted by Gasteiger charge is -2.09. The van der Waals surface area contributed by atoms with Gasteiger partial charge in [0, 0.05) is 27.8 Å². The monoisotopic (exact) mass is 634 g/mol. The van der Waals surface area contributed by atoms with Crippen molar-refractivity contribution in [2.24, 2.45) is 5.90 Å². The van der Waals surface area contributed by atoms with Gasteiger partial charge in [-0.05, 0) is 97.1 Å². The van der Waals surface area contributed by atoms with Crippen molar-refractivity contribution in [2.45, 2.75) is 4.90 Å². The maximum atomic E-state index is 13.2. The van der Waals surface area contributed by atoms with Gasteiger partial charge in [-0.3, -0.25) is 4.79 Å². The highest BCUT2D eigenvalue weighted by Crippen LogP contribution is 2.28. The molecule has 0 saturated heterocycles. The van der Waals surface area contributed by atoms with Gasteiger partial charge in [0.05, 0.1) is 28.2 Å². The van der Waals surface area contributed by atoms with Crippen molar-refractivity contribution < 1.29 is 32.8 Å². The van der Waals surface area contributed by atoms with Gasteiger partial charge in [0.25, 0.3) is 5.91 Å². The molecule has 46 heavy (non-hydrogen) atoms. The fourth-order valence-electron chi connectivity index (χ4n) is 3.72. The Balaban J connectivity index is 0.000000230. The largest absolute Gasteiger partial charge is 0.478 e. The van der Waals surface area contributed by atoms with Crippen LogP contribution in [0.1, 0.15) is 43.0 Å². The molecule has 5 aromatic rings. The van der Waals surface area contributed by atoms with Crippen LogP contribution in [0.3, 0.4) is 0 Å². The molecule has 7 nitrogen and oxygen atoms in total. The van der Waals surface area contributed by atoms with E-state index in [1.54, 1.807) is 84.9 Å². The molecular weight excluding hydrogens is 610 g/mol. The number of hydrogen-bond acceptors (Lipinski definition) is 6. The van der Waals surface area contributed by atoms with Crippen molar-refractivity contribution in [3.05, 3.63) is 166 Å². The molecule has 0 unspecified atom stereocenters. The van der Waals surface area contributed by atoms with E-state index in [1.807, 2.05) is 0 Å². The summed E-state index contributed by atoms with van der Waals surface area (Å²) in [6.45, 7) is 0. The van der Waals surface area contributed by atoms with Gasteiger partial charge in [-0.1, -0.05) is 47.9 Å². The first-order valence-electron chi connectivity index (χ1n) is 13.4. The number of nitrogens with two attached hydrogens (primary N) is 1. The molecule has 0 aliphatic heterocycles. The normalized spacial score (nSPS) is 9.80. The van der Waals surface area contributed by atoms with Gasteiger partial charge in [0.1, 0.15) is 11.6 Å². The molecule has 0 aromatic heterocycles. The fraction of sp³-hybridized carbons (Fsp3) is 0. The average molecular weight is 635 g/mol. The molecule has 0 aliphatic carbocycles. The summed E-state index contributed by atoms with van der Waals surface area (Å²) in [5.74, 6) is 14.4. The zero-order valence-electron chi connectivity index (χ0n) is 23.9. The van der Waals surface area contributed by atoms with Crippen LogP contribution in [0.15, 0.2) is 126 Å². The number of hydrogen-bond donors (Lipinski definition) is 3. The van der Waals surface area contributed by atoms with Gasteiger partial charge in [-0.2, -0.15) is 5.90 Å². The Kier molecular flexibility index (Phi) is 12.2. The van der Waals surface area contributed by atoms with E-state index in [0.717, 1.165) is 12.0 Å². The molecule has 0 fully saturated rings. The number of carboxylic acid groups (broad SMARTS) is 1. The van der Waals surface area contributed by atoms with Crippen LogP contribution in [-0.2, 0) is 9.32 Å². The minimum atomic E-state index is -0.973. The molecule has 10 heteroatoms. The average Bonchev–Trinajstić information content (AvgIpc) is 3.07. The summed E-state index contributed by atoms with van der Waals surface area (Å²) in [5, 5.41) is 11.5. The molecule has 5 rings (SSSR count). The van der Waals surface area contributed by atoms with Gasteiger partial charge >= 0.3 is 5.97 Å². The van der Waals surface area contributed by atoms with E-state index >= 15 is 0 Å². The van der Waals surface area contributed by atoms with Crippen LogP contribution in [0.25, 0.3) is 0 Å². The van der Waals surface area contributed by atoms with Crippen molar-refractivity contribution in [3.8, 4) is 23.7 Å². The summed E-state index contributed by atoms with van der Waals surface area (Å²) >= 11 is 0.885. The van der Waals surface area contributed by atoms with Crippen LogP contribution in [0.4, 0.5) is 14.5 Å². The topological polar surface area (TPSA) is 111 Å². The number of halogens is 2. The standard InChI is InChI=1S/C21H15FN2O3S.C15H9FO2/c22-18-5-3-4-16(14-18)9-8-15-10-12-17(13-11-15)21(25)24-19-6-1-2-7-20(19)28-27-26-23;16-14-3-1-2-12(10-14)5-4-11-6-8-13(9-7-11)15(17)18/h1-7,10-14H,23H2,(H,24,25);1-3,6-10H,(H,17,18). The highest BCUT2D eigenvalue weighted by molar-refractivity contribution is 7.94. The van der Waals surface area contributed by atoms with Gasteiger partial charge in [0.15, 0.2) is 0 Å². The van der Waals surface area contributed by atoms with Gasteiger partial charge in [-0.15, -0.1) is 9.32 Å². The van der Waals surface area contributed by atoms with E-state index in [0.29, 0.717) is 38.4 Å². The van der Waals surface area contributed by atoms with Crippen molar-refractivity contribution >= 4 is 29.6 Å². The number of amides is 1. The summed E-state index contributed by atoms with van der Waals surface area (Å²) in [5.41, 5.74) is 3.80. The highest BCUT2D eigenvalue weighted by atomic mass is 32.2. The van der Waals surface area contributed by atoms with Crippen molar-refractivity contribution in [1.82, 2.24) is 0 Å². The highest BCUT2D eigenvalue weighted by Gasteiger charge is 2.10. The molecule has 0 atom stereocenters. The number of anilines is 1. The van der Waals surface area contributed by atoms with E-state index in [9.17, 15) is 18.4 Å². The Morgan fingerprint density at radius 1 is 0.652 bits per heavy atom. The molecule has 0 aliphatic rings. The van der Waals surface area contributed by atoms with Gasteiger partial charge < -0.3 is 10.4 Å². The second-order valence-electron chi connectivity index (χ2n) is 9.18. The van der Waals surface area contributed by atoms with Gasteiger partial charge in [-0.25, -0.2) is 13.6 Å². The number of carboxylic acids is 1. The zero-order chi connectivity index (χ0) is 32.7. The third-order valence-electron chi connectivity index (χ3n) is 5.93. The number of aromatic carboxylic acids is 1. The van der Waals surface area contributed by atoms with Crippen LogP contribution in [0.5, 0.6) is 0 Å². The summed E-state index contributed by atoms with van der Waals surface area (Å²) in [7, 11) is 0. The quantitative estimate of drug-likeness (QED) is 0.0782. The Morgan fingerprint density at radius 3 is 1.65 bits per heavy atom. The number of carbonyl (C=O) groups excluding carboxylic acids is 1. The number of nitrogens with one attached hydrogen (secondary N) is 1. The number of para-hydroxylation sites is 1. The lowest BCUT2D eigenvalue weighted by molar-refractivity contribution is -0.195. The first-order chi connectivity index (χ1) is 22.3. The molecule has 0 radical (unpaired) electrons. The Bertz CT molecular complexity index is 1940. The predicted molar refractivity (Wildman–Crippen MR) is 171 cm³/mol. The molecular formula is C36H24F2N2O5S. The molecule has 228 valence electrons. The van der Waals surface area contributed by atoms with E-state index in [4.69, 9.17) is 11.0 Å². The maximum Gasteiger partial charge on any atom is 0.335 e. The Labute approximate surface area is 268 Å². The lowest BCUT2D eigenvalue weighted by Crippen LogP contribution is -2.12. The molecule has 0 spiro atoms.